The Kier molecular flexibility index (Phi) is 5.80. The Morgan fingerprint density at radius 1 is 1.32 bits per heavy atom. The molecule has 1 aromatic rings. The summed E-state index contributed by atoms with van der Waals surface area (Å²) in [5, 5.41) is 2.99. The van der Waals surface area contributed by atoms with Gasteiger partial charge < -0.3 is 14.8 Å². The number of benzene rings is 1. The molecule has 1 heterocycles. The van der Waals surface area contributed by atoms with E-state index in [1.165, 1.54) is 0 Å². The van der Waals surface area contributed by atoms with Gasteiger partial charge in [-0.15, -0.1) is 0 Å². The van der Waals surface area contributed by atoms with E-state index in [9.17, 15) is 4.79 Å². The maximum Gasteiger partial charge on any atom is 0.260 e. The lowest BCUT2D eigenvalue weighted by molar-refractivity contribution is -0.128. The predicted molar refractivity (Wildman–Crippen MR) is 86.0 cm³/mol. The van der Waals surface area contributed by atoms with E-state index in [0.717, 1.165) is 26.3 Å². The zero-order valence-corrected chi connectivity index (χ0v) is 13.7. The molecule has 1 N–H and O–H groups in total. The Balaban J connectivity index is 1.80. The first kappa shape index (κ1) is 16.8. The number of hydrogen-bond acceptors (Lipinski definition) is 4. The van der Waals surface area contributed by atoms with E-state index in [0.29, 0.717) is 12.3 Å². The van der Waals surface area contributed by atoms with Gasteiger partial charge in [-0.1, -0.05) is 18.2 Å². The molecule has 0 radical (unpaired) electrons. The van der Waals surface area contributed by atoms with Crippen molar-refractivity contribution in [1.29, 1.82) is 0 Å². The molecule has 0 aromatic heterocycles. The van der Waals surface area contributed by atoms with Gasteiger partial charge in [-0.05, 0) is 32.9 Å². The van der Waals surface area contributed by atoms with Crippen molar-refractivity contribution in [2.24, 2.45) is 0 Å². The number of ether oxygens (including phenoxy) is 2. The van der Waals surface area contributed by atoms with Crippen LogP contribution in [0.4, 0.5) is 0 Å². The lowest BCUT2D eigenvalue weighted by Crippen LogP contribution is -2.56. The Morgan fingerprint density at radius 2 is 1.95 bits per heavy atom. The van der Waals surface area contributed by atoms with Crippen molar-refractivity contribution in [2.75, 3.05) is 32.8 Å². The lowest BCUT2D eigenvalue weighted by atomic mass is 10.0. The maximum absolute atomic E-state index is 12.2. The summed E-state index contributed by atoms with van der Waals surface area (Å²) in [6, 6.07) is 9.40. The second-order valence-electron chi connectivity index (χ2n) is 6.20. The molecule has 22 heavy (non-hydrogen) atoms. The van der Waals surface area contributed by atoms with Crippen LogP contribution in [0.3, 0.4) is 0 Å². The van der Waals surface area contributed by atoms with E-state index in [-0.39, 0.29) is 11.4 Å². The van der Waals surface area contributed by atoms with Crippen molar-refractivity contribution in [3.05, 3.63) is 30.3 Å². The number of para-hydroxylation sites is 1. The van der Waals surface area contributed by atoms with Gasteiger partial charge in [0.15, 0.2) is 6.10 Å². The van der Waals surface area contributed by atoms with Gasteiger partial charge in [0.25, 0.3) is 5.91 Å². The zero-order valence-electron chi connectivity index (χ0n) is 13.7. The van der Waals surface area contributed by atoms with E-state index in [4.69, 9.17) is 9.47 Å². The Morgan fingerprint density at radius 3 is 2.59 bits per heavy atom. The summed E-state index contributed by atoms with van der Waals surface area (Å²) >= 11 is 0. The fourth-order valence-corrected chi connectivity index (χ4v) is 2.48. The van der Waals surface area contributed by atoms with Crippen molar-refractivity contribution in [3.63, 3.8) is 0 Å². The van der Waals surface area contributed by atoms with Gasteiger partial charge in [0, 0.05) is 25.2 Å². The first-order chi connectivity index (χ1) is 10.5. The highest BCUT2D eigenvalue weighted by Crippen LogP contribution is 2.15. The monoisotopic (exact) mass is 306 g/mol. The summed E-state index contributed by atoms with van der Waals surface area (Å²) in [6.07, 6.45) is -0.511. The van der Waals surface area contributed by atoms with Crippen molar-refractivity contribution in [3.8, 4) is 5.75 Å². The van der Waals surface area contributed by atoms with Gasteiger partial charge >= 0.3 is 0 Å². The molecule has 1 unspecified atom stereocenters. The van der Waals surface area contributed by atoms with Crippen LogP contribution < -0.4 is 10.1 Å². The normalized spacial score (nSPS) is 17.8. The molecule has 1 aliphatic heterocycles. The standard InChI is InChI=1S/C17H26N2O3/c1-14(22-15-7-5-4-6-8-15)16(20)18-13-17(2,3)19-9-11-21-12-10-19/h4-8,14H,9-13H2,1-3H3,(H,18,20). The molecule has 0 saturated carbocycles. The van der Waals surface area contributed by atoms with Crippen molar-refractivity contribution < 1.29 is 14.3 Å². The van der Waals surface area contributed by atoms with Crippen LogP contribution in [0.25, 0.3) is 0 Å². The van der Waals surface area contributed by atoms with E-state index in [1.54, 1.807) is 6.92 Å². The summed E-state index contributed by atoms with van der Waals surface area (Å²) in [6.45, 7) is 9.95. The molecule has 0 bridgehead atoms. The van der Waals surface area contributed by atoms with Gasteiger partial charge in [0.1, 0.15) is 5.75 Å². The topological polar surface area (TPSA) is 50.8 Å². The van der Waals surface area contributed by atoms with E-state index >= 15 is 0 Å². The minimum atomic E-state index is -0.511. The summed E-state index contributed by atoms with van der Waals surface area (Å²) < 4.78 is 11.0. The number of rotatable bonds is 6. The van der Waals surface area contributed by atoms with Gasteiger partial charge in [-0.25, -0.2) is 0 Å². The lowest BCUT2D eigenvalue weighted by Gasteiger charge is -2.41. The number of nitrogens with zero attached hydrogens (tertiary/aromatic N) is 1. The minimum absolute atomic E-state index is 0.0914. The summed E-state index contributed by atoms with van der Waals surface area (Å²) in [7, 11) is 0. The fourth-order valence-electron chi connectivity index (χ4n) is 2.48. The first-order valence-electron chi connectivity index (χ1n) is 7.81. The van der Waals surface area contributed by atoms with Gasteiger partial charge in [-0.3, -0.25) is 9.69 Å². The second-order valence-corrected chi connectivity index (χ2v) is 6.20. The van der Waals surface area contributed by atoms with Gasteiger partial charge in [0.05, 0.1) is 13.2 Å². The Labute approximate surface area is 132 Å². The molecule has 122 valence electrons. The third-order valence-corrected chi connectivity index (χ3v) is 3.99. The number of nitrogens with one attached hydrogen (secondary N) is 1. The smallest absolute Gasteiger partial charge is 0.260 e. The average Bonchev–Trinajstić information content (AvgIpc) is 2.54. The van der Waals surface area contributed by atoms with Gasteiger partial charge in [-0.2, -0.15) is 0 Å². The Bertz CT molecular complexity index is 470. The van der Waals surface area contributed by atoms with Gasteiger partial charge in [0.2, 0.25) is 0 Å². The second kappa shape index (κ2) is 7.61. The van der Waals surface area contributed by atoms with E-state index in [2.05, 4.69) is 24.1 Å². The van der Waals surface area contributed by atoms with Crippen LogP contribution in [0.2, 0.25) is 0 Å². The third kappa shape index (κ3) is 4.71. The highest BCUT2D eigenvalue weighted by Gasteiger charge is 2.29. The molecule has 5 heteroatoms. The van der Waals surface area contributed by atoms with Crippen LogP contribution in [0, 0.1) is 0 Å². The molecule has 5 nitrogen and oxygen atoms in total. The summed E-state index contributed by atoms with van der Waals surface area (Å²) in [4.78, 5) is 14.5. The number of hydrogen-bond donors (Lipinski definition) is 1. The molecule has 1 amide bonds. The quantitative estimate of drug-likeness (QED) is 0.869. The number of amides is 1. The SMILES string of the molecule is CC(Oc1ccccc1)C(=O)NCC(C)(C)N1CCOCC1. The van der Waals surface area contributed by atoms with Crippen LogP contribution in [0.5, 0.6) is 5.75 Å². The molecule has 0 spiro atoms. The molecule has 1 aliphatic rings. The average molecular weight is 306 g/mol. The maximum atomic E-state index is 12.2. The summed E-state index contributed by atoms with van der Waals surface area (Å²) in [5.74, 6) is 0.614. The molecule has 1 aromatic carbocycles. The predicted octanol–water partition coefficient (Wildman–Crippen LogP) is 1.68. The highest BCUT2D eigenvalue weighted by molar-refractivity contribution is 5.80. The number of carbonyl (C=O) groups is 1. The van der Waals surface area contributed by atoms with Crippen LogP contribution in [0.15, 0.2) is 30.3 Å². The fraction of sp³-hybridized carbons (Fsp3) is 0.588. The highest BCUT2D eigenvalue weighted by atomic mass is 16.5. The van der Waals surface area contributed by atoms with E-state index < -0.39 is 6.10 Å². The molecule has 1 atom stereocenters. The molecule has 1 fully saturated rings. The van der Waals surface area contributed by atoms with Crippen molar-refractivity contribution in [2.45, 2.75) is 32.4 Å². The minimum Gasteiger partial charge on any atom is -0.481 e. The molecule has 1 saturated heterocycles. The largest absolute Gasteiger partial charge is 0.481 e. The van der Waals surface area contributed by atoms with Crippen LogP contribution in [-0.4, -0.2) is 55.3 Å². The summed E-state index contributed by atoms with van der Waals surface area (Å²) in [5.41, 5.74) is -0.0914. The molecule has 0 aliphatic carbocycles. The van der Waals surface area contributed by atoms with Crippen LogP contribution in [0.1, 0.15) is 20.8 Å². The zero-order chi connectivity index (χ0) is 16.0. The van der Waals surface area contributed by atoms with Crippen LogP contribution >= 0.6 is 0 Å². The third-order valence-electron chi connectivity index (χ3n) is 3.99. The van der Waals surface area contributed by atoms with Crippen molar-refractivity contribution >= 4 is 5.91 Å². The number of morpholine rings is 1. The molecular weight excluding hydrogens is 280 g/mol. The number of carbonyl (C=O) groups excluding carboxylic acids is 1. The molecule has 2 rings (SSSR count). The first-order valence-corrected chi connectivity index (χ1v) is 7.81. The molecular formula is C17H26N2O3. The Hall–Kier alpha value is -1.59. The van der Waals surface area contributed by atoms with E-state index in [1.807, 2.05) is 30.3 Å². The van der Waals surface area contributed by atoms with Crippen molar-refractivity contribution in [1.82, 2.24) is 10.2 Å². The van der Waals surface area contributed by atoms with Crippen LogP contribution in [-0.2, 0) is 9.53 Å².